The van der Waals surface area contributed by atoms with E-state index in [1.807, 2.05) is 18.2 Å². The highest BCUT2D eigenvalue weighted by Gasteiger charge is 2.12. The molecule has 98 valence electrons. The van der Waals surface area contributed by atoms with E-state index in [0.717, 1.165) is 40.5 Å². The van der Waals surface area contributed by atoms with Crippen LogP contribution in [0, 0.1) is 5.92 Å². The minimum absolute atomic E-state index is 0.476. The van der Waals surface area contributed by atoms with Crippen molar-refractivity contribution in [1.29, 1.82) is 0 Å². The fourth-order valence-corrected chi connectivity index (χ4v) is 2.37. The van der Waals surface area contributed by atoms with Gasteiger partial charge >= 0.3 is 0 Å². The van der Waals surface area contributed by atoms with Crippen LogP contribution in [0.15, 0.2) is 34.7 Å². The fourth-order valence-electron chi connectivity index (χ4n) is 2.37. The maximum Gasteiger partial charge on any atom is 0.176 e. The second-order valence-electron chi connectivity index (χ2n) is 5.40. The van der Waals surface area contributed by atoms with Crippen LogP contribution in [0.1, 0.15) is 26.0 Å². The number of fused-ring (bicyclic) bond motifs is 3. The number of anilines is 1. The summed E-state index contributed by atoms with van der Waals surface area (Å²) in [6, 6.07) is 10.1. The van der Waals surface area contributed by atoms with Gasteiger partial charge in [-0.1, -0.05) is 32.0 Å². The molecule has 0 atom stereocenters. The van der Waals surface area contributed by atoms with E-state index in [4.69, 9.17) is 10.2 Å². The first-order chi connectivity index (χ1) is 9.15. The molecule has 0 amide bonds. The Balaban J connectivity index is 2.15. The van der Waals surface area contributed by atoms with Gasteiger partial charge in [0.25, 0.3) is 0 Å². The van der Waals surface area contributed by atoms with E-state index in [-0.39, 0.29) is 0 Å². The maximum atomic E-state index is 5.99. The summed E-state index contributed by atoms with van der Waals surface area (Å²) in [5, 5.41) is 2.17. The van der Waals surface area contributed by atoms with Gasteiger partial charge in [-0.2, -0.15) is 0 Å². The molecule has 3 heteroatoms. The van der Waals surface area contributed by atoms with Gasteiger partial charge in [-0.15, -0.1) is 0 Å². The molecule has 19 heavy (non-hydrogen) atoms. The molecule has 1 aromatic carbocycles. The van der Waals surface area contributed by atoms with Crippen molar-refractivity contribution in [1.82, 2.24) is 4.98 Å². The van der Waals surface area contributed by atoms with Gasteiger partial charge in [-0.3, -0.25) is 0 Å². The maximum absolute atomic E-state index is 5.99. The molecule has 0 unspecified atom stereocenters. The number of hydrogen-bond donors (Lipinski definition) is 1. The number of hydrogen-bond acceptors (Lipinski definition) is 3. The molecule has 3 aromatic rings. The first-order valence-corrected chi connectivity index (χ1v) is 6.72. The van der Waals surface area contributed by atoms with Crippen LogP contribution < -0.4 is 5.73 Å². The van der Waals surface area contributed by atoms with E-state index in [1.165, 1.54) is 0 Å². The van der Waals surface area contributed by atoms with Crippen molar-refractivity contribution in [3.8, 4) is 0 Å². The van der Waals surface area contributed by atoms with Crippen molar-refractivity contribution in [2.45, 2.75) is 26.7 Å². The lowest BCUT2D eigenvalue weighted by Crippen LogP contribution is -1.91. The highest BCUT2D eigenvalue weighted by molar-refractivity contribution is 6.07. The van der Waals surface area contributed by atoms with Crippen LogP contribution in [-0.2, 0) is 6.42 Å². The minimum atomic E-state index is 0.476. The number of nitrogen functional groups attached to an aromatic ring is 1. The highest BCUT2D eigenvalue weighted by Crippen LogP contribution is 2.31. The van der Waals surface area contributed by atoms with Crippen LogP contribution >= 0.6 is 0 Å². The Morgan fingerprint density at radius 1 is 1.21 bits per heavy atom. The molecule has 0 aliphatic heterocycles. The van der Waals surface area contributed by atoms with E-state index in [9.17, 15) is 0 Å². The summed E-state index contributed by atoms with van der Waals surface area (Å²) in [4.78, 5) is 4.40. The molecule has 2 heterocycles. The van der Waals surface area contributed by atoms with Gasteiger partial charge in [-0.05, 0) is 24.5 Å². The molecule has 0 saturated heterocycles. The lowest BCUT2D eigenvalue weighted by molar-refractivity contribution is 0.500. The van der Waals surface area contributed by atoms with Gasteiger partial charge < -0.3 is 10.2 Å². The topological polar surface area (TPSA) is 52.0 Å². The molecule has 2 aromatic heterocycles. The molecule has 0 saturated carbocycles. The highest BCUT2D eigenvalue weighted by atomic mass is 16.3. The smallest absolute Gasteiger partial charge is 0.176 e. The molecule has 2 N–H and O–H groups in total. The van der Waals surface area contributed by atoms with Gasteiger partial charge in [-0.25, -0.2) is 4.98 Å². The molecular formula is C16H18N2O. The molecule has 0 aliphatic carbocycles. The average molecular weight is 254 g/mol. The van der Waals surface area contributed by atoms with E-state index < -0.39 is 0 Å². The number of para-hydroxylation sites is 1. The van der Waals surface area contributed by atoms with E-state index in [0.29, 0.717) is 11.7 Å². The summed E-state index contributed by atoms with van der Waals surface area (Å²) in [6.07, 6.45) is 2.06. The third-order valence-electron chi connectivity index (χ3n) is 3.42. The van der Waals surface area contributed by atoms with Crippen LogP contribution in [0.4, 0.5) is 5.82 Å². The first kappa shape index (κ1) is 12.0. The summed E-state index contributed by atoms with van der Waals surface area (Å²) in [5.74, 6) is 2.14. The summed E-state index contributed by atoms with van der Waals surface area (Å²) in [6.45, 7) is 4.43. The quantitative estimate of drug-likeness (QED) is 0.763. The van der Waals surface area contributed by atoms with Crippen molar-refractivity contribution >= 4 is 27.7 Å². The van der Waals surface area contributed by atoms with Gasteiger partial charge in [0.15, 0.2) is 11.4 Å². The van der Waals surface area contributed by atoms with Gasteiger partial charge in [0.2, 0.25) is 0 Å². The number of nitrogens with zero attached hydrogens (tertiary/aromatic N) is 1. The molecule has 0 aliphatic rings. The Morgan fingerprint density at radius 3 is 2.79 bits per heavy atom. The van der Waals surface area contributed by atoms with Crippen molar-refractivity contribution in [3.63, 3.8) is 0 Å². The van der Waals surface area contributed by atoms with E-state index in [2.05, 4.69) is 31.0 Å². The van der Waals surface area contributed by atoms with Crippen molar-refractivity contribution in [2.75, 3.05) is 5.73 Å². The van der Waals surface area contributed by atoms with Crippen LogP contribution in [0.2, 0.25) is 0 Å². The zero-order valence-electron chi connectivity index (χ0n) is 11.3. The lowest BCUT2D eigenvalue weighted by Gasteiger charge is -2.00. The Labute approximate surface area is 112 Å². The van der Waals surface area contributed by atoms with Crippen LogP contribution in [0.25, 0.3) is 21.9 Å². The van der Waals surface area contributed by atoms with Gasteiger partial charge in [0, 0.05) is 17.2 Å². The molecule has 0 fully saturated rings. The SMILES string of the molecule is CC(C)CCc1cc2c(o1)c(N)nc1ccccc12. The second-order valence-corrected chi connectivity index (χ2v) is 5.40. The first-order valence-electron chi connectivity index (χ1n) is 6.72. The zero-order chi connectivity index (χ0) is 13.4. The minimum Gasteiger partial charge on any atom is -0.457 e. The molecule has 0 bridgehead atoms. The van der Waals surface area contributed by atoms with Gasteiger partial charge in [0.05, 0.1) is 5.52 Å². The van der Waals surface area contributed by atoms with E-state index >= 15 is 0 Å². The zero-order valence-corrected chi connectivity index (χ0v) is 11.3. The number of benzene rings is 1. The monoisotopic (exact) mass is 254 g/mol. The predicted octanol–water partition coefficient (Wildman–Crippen LogP) is 4.15. The molecule has 0 spiro atoms. The van der Waals surface area contributed by atoms with Crippen molar-refractivity contribution in [2.24, 2.45) is 5.92 Å². The summed E-state index contributed by atoms with van der Waals surface area (Å²) in [7, 11) is 0. The number of aryl methyl sites for hydroxylation is 1. The van der Waals surface area contributed by atoms with Crippen LogP contribution in [-0.4, -0.2) is 4.98 Å². The summed E-state index contributed by atoms with van der Waals surface area (Å²) >= 11 is 0. The Morgan fingerprint density at radius 2 is 2.00 bits per heavy atom. The van der Waals surface area contributed by atoms with Crippen LogP contribution in [0.5, 0.6) is 0 Å². The van der Waals surface area contributed by atoms with Crippen molar-refractivity contribution in [3.05, 3.63) is 36.1 Å². The third kappa shape index (κ3) is 2.16. The molecular weight excluding hydrogens is 236 g/mol. The number of pyridine rings is 1. The predicted molar refractivity (Wildman–Crippen MR) is 79.1 cm³/mol. The number of aromatic nitrogens is 1. The number of rotatable bonds is 3. The second kappa shape index (κ2) is 4.57. The standard InChI is InChI=1S/C16H18N2O/c1-10(2)7-8-11-9-13-12-5-3-4-6-14(12)18-16(17)15(13)19-11/h3-6,9-10H,7-8H2,1-2H3,(H2,17,18). The summed E-state index contributed by atoms with van der Waals surface area (Å²) in [5.41, 5.74) is 7.63. The van der Waals surface area contributed by atoms with Crippen molar-refractivity contribution < 1.29 is 4.42 Å². The number of furan rings is 1. The Hall–Kier alpha value is -2.03. The molecule has 3 nitrogen and oxygen atoms in total. The van der Waals surface area contributed by atoms with Gasteiger partial charge in [0.1, 0.15) is 5.76 Å². The third-order valence-corrected chi connectivity index (χ3v) is 3.42. The van der Waals surface area contributed by atoms with E-state index in [1.54, 1.807) is 0 Å². The largest absolute Gasteiger partial charge is 0.457 e. The lowest BCUT2D eigenvalue weighted by atomic mass is 10.1. The molecule has 3 rings (SSSR count). The summed E-state index contributed by atoms with van der Waals surface area (Å²) < 4.78 is 5.87. The normalized spacial score (nSPS) is 11.7. The number of nitrogens with two attached hydrogens (primary N) is 1. The Bertz CT molecular complexity index is 728. The average Bonchev–Trinajstić information content (AvgIpc) is 2.81. The van der Waals surface area contributed by atoms with Crippen LogP contribution in [0.3, 0.4) is 0 Å². The fraction of sp³-hybridized carbons (Fsp3) is 0.312. The Kier molecular flexibility index (Phi) is 2.90. The molecule has 0 radical (unpaired) electrons.